The van der Waals surface area contributed by atoms with Gasteiger partial charge in [-0.15, -0.1) is 0 Å². The van der Waals surface area contributed by atoms with Crippen LogP contribution in [0.2, 0.25) is 0 Å². The van der Waals surface area contributed by atoms with Crippen molar-refractivity contribution in [3.05, 3.63) is 16.1 Å². The molecule has 0 saturated heterocycles. The fraction of sp³-hybridized carbons (Fsp3) is 0.781. The van der Waals surface area contributed by atoms with Crippen molar-refractivity contribution >= 4 is 34.2 Å². The van der Waals surface area contributed by atoms with E-state index in [1.165, 1.54) is 56.4 Å². The second-order valence-electron chi connectivity index (χ2n) is 13.3. The molecule has 0 spiro atoms. The average Bonchev–Trinajstić information content (AvgIpc) is 3.40. The van der Waals surface area contributed by atoms with E-state index >= 15 is 0 Å². The van der Waals surface area contributed by atoms with Gasteiger partial charge in [0.2, 0.25) is 0 Å². The van der Waals surface area contributed by atoms with Crippen molar-refractivity contribution in [2.75, 3.05) is 25.0 Å². The molecule has 216 valence electrons. The molecule has 0 N–H and O–H groups in total. The lowest BCUT2D eigenvalue weighted by atomic mass is 9.84. The first-order valence-electron chi connectivity index (χ1n) is 15.1. The van der Waals surface area contributed by atoms with E-state index in [1.807, 2.05) is 0 Å². The monoisotopic (exact) mass is 544 g/mol. The summed E-state index contributed by atoms with van der Waals surface area (Å²) < 4.78 is 0. The molecule has 0 aromatic carbocycles. The minimum Gasteiger partial charge on any atom is -0.348 e. The summed E-state index contributed by atoms with van der Waals surface area (Å²) >= 11 is 1.76. The first-order chi connectivity index (χ1) is 17.8. The van der Waals surface area contributed by atoms with E-state index in [-0.39, 0.29) is 16.7 Å². The molecule has 0 aliphatic carbocycles. The van der Waals surface area contributed by atoms with E-state index in [9.17, 15) is 4.79 Å². The van der Waals surface area contributed by atoms with Crippen molar-refractivity contribution in [1.29, 1.82) is 0 Å². The fourth-order valence-corrected chi connectivity index (χ4v) is 6.36. The van der Waals surface area contributed by atoms with Crippen molar-refractivity contribution in [2.45, 2.75) is 126 Å². The SMILES string of the molecule is CCCCC(CC)CN(CC(CC)CCCC)c1nc(C(C)(C)C)c(/C=C2\C(=O)N(C)N=C2C(C)(C)C)s1. The Balaban J connectivity index is 2.58. The summed E-state index contributed by atoms with van der Waals surface area (Å²) in [4.78, 5) is 22.2. The Morgan fingerprint density at radius 2 is 1.42 bits per heavy atom. The Bertz CT molecular complexity index is 945. The zero-order chi connectivity index (χ0) is 28.7. The van der Waals surface area contributed by atoms with E-state index in [4.69, 9.17) is 4.98 Å². The molecular formula is C32H56N4OS. The maximum absolute atomic E-state index is 13.2. The van der Waals surface area contributed by atoms with Crippen molar-refractivity contribution in [3.63, 3.8) is 0 Å². The highest BCUT2D eigenvalue weighted by Crippen LogP contribution is 2.38. The van der Waals surface area contributed by atoms with E-state index in [0.717, 1.165) is 34.5 Å². The van der Waals surface area contributed by atoms with Gasteiger partial charge in [-0.1, -0.05) is 119 Å². The molecule has 6 heteroatoms. The van der Waals surface area contributed by atoms with Gasteiger partial charge < -0.3 is 4.90 Å². The number of carbonyl (C=O) groups excluding carboxylic acids is 1. The number of anilines is 1. The Labute approximate surface area is 238 Å². The molecule has 1 amide bonds. The molecule has 1 aromatic heterocycles. The van der Waals surface area contributed by atoms with Gasteiger partial charge in [0.1, 0.15) is 0 Å². The number of aromatic nitrogens is 1. The third kappa shape index (κ3) is 8.66. The van der Waals surface area contributed by atoms with Crippen molar-refractivity contribution in [1.82, 2.24) is 9.99 Å². The van der Waals surface area contributed by atoms with Gasteiger partial charge in [-0.05, 0) is 30.8 Å². The number of thiazole rings is 1. The summed E-state index contributed by atoms with van der Waals surface area (Å²) in [6, 6.07) is 0. The van der Waals surface area contributed by atoms with Crippen molar-refractivity contribution in [2.24, 2.45) is 22.4 Å². The average molecular weight is 545 g/mol. The standard InChI is InChI=1S/C32H56N4OS/c1-12-16-18-23(14-3)21-36(22-24(15-4)19-17-13-2)30-33-28(32(8,9)10)26(38-30)20-25-27(31(5,6)7)34-35(11)29(25)37/h20,23-24H,12-19,21-22H2,1-11H3/b25-20-. The highest BCUT2D eigenvalue weighted by atomic mass is 32.1. The molecule has 2 unspecified atom stereocenters. The lowest BCUT2D eigenvalue weighted by molar-refractivity contribution is -0.124. The maximum atomic E-state index is 13.2. The molecule has 1 aromatic rings. The Morgan fingerprint density at radius 3 is 1.84 bits per heavy atom. The van der Waals surface area contributed by atoms with Crippen LogP contribution in [-0.4, -0.2) is 41.7 Å². The number of rotatable bonds is 14. The predicted octanol–water partition coefficient (Wildman–Crippen LogP) is 8.94. The number of hydrogen-bond donors (Lipinski definition) is 0. The first-order valence-corrected chi connectivity index (χ1v) is 15.9. The minimum atomic E-state index is -0.213. The molecule has 38 heavy (non-hydrogen) atoms. The lowest BCUT2D eigenvalue weighted by Crippen LogP contribution is -2.34. The summed E-state index contributed by atoms with van der Waals surface area (Å²) in [5.74, 6) is 1.32. The Hall–Kier alpha value is -1.69. The molecule has 2 atom stereocenters. The van der Waals surface area contributed by atoms with E-state index in [0.29, 0.717) is 17.4 Å². The third-order valence-electron chi connectivity index (χ3n) is 7.68. The number of nitrogens with zero attached hydrogens (tertiary/aromatic N) is 4. The van der Waals surface area contributed by atoms with Crippen LogP contribution in [0.4, 0.5) is 5.13 Å². The van der Waals surface area contributed by atoms with E-state index < -0.39 is 0 Å². The molecule has 1 aliphatic heterocycles. The lowest BCUT2D eigenvalue weighted by Gasteiger charge is -2.30. The van der Waals surface area contributed by atoms with Gasteiger partial charge in [0, 0.05) is 31.0 Å². The number of carbonyl (C=O) groups is 1. The van der Waals surface area contributed by atoms with Crippen LogP contribution in [-0.2, 0) is 10.2 Å². The molecular weight excluding hydrogens is 488 g/mol. The summed E-state index contributed by atoms with van der Waals surface area (Å²) in [6.07, 6.45) is 12.1. The zero-order valence-corrected chi connectivity index (χ0v) is 27.2. The normalized spacial score (nSPS) is 17.3. The molecule has 2 heterocycles. The summed E-state index contributed by atoms with van der Waals surface area (Å²) in [5.41, 5.74) is 2.30. The van der Waals surface area contributed by atoms with Crippen LogP contribution in [0.1, 0.15) is 131 Å². The fourth-order valence-electron chi connectivity index (χ4n) is 5.12. The van der Waals surface area contributed by atoms with Gasteiger partial charge in [0.15, 0.2) is 5.13 Å². The number of hydrazone groups is 1. The predicted molar refractivity (Wildman–Crippen MR) is 167 cm³/mol. The van der Waals surface area contributed by atoms with Gasteiger partial charge in [-0.2, -0.15) is 5.10 Å². The molecule has 0 fully saturated rings. The van der Waals surface area contributed by atoms with Gasteiger partial charge in [0.25, 0.3) is 5.91 Å². The van der Waals surface area contributed by atoms with Crippen LogP contribution in [0.25, 0.3) is 6.08 Å². The van der Waals surface area contributed by atoms with Gasteiger partial charge in [0.05, 0.1) is 21.9 Å². The van der Waals surface area contributed by atoms with Crippen LogP contribution in [0.3, 0.4) is 0 Å². The van der Waals surface area contributed by atoms with Gasteiger partial charge >= 0.3 is 0 Å². The Kier molecular flexibility index (Phi) is 12.1. The Morgan fingerprint density at radius 1 is 0.895 bits per heavy atom. The van der Waals surface area contributed by atoms with Crippen LogP contribution >= 0.6 is 11.3 Å². The second-order valence-corrected chi connectivity index (χ2v) is 14.3. The quantitative estimate of drug-likeness (QED) is 0.220. The summed E-state index contributed by atoms with van der Waals surface area (Å²) in [6.45, 7) is 24.4. The topological polar surface area (TPSA) is 48.8 Å². The van der Waals surface area contributed by atoms with Gasteiger partial charge in [-0.3, -0.25) is 4.79 Å². The smallest absolute Gasteiger partial charge is 0.275 e. The zero-order valence-electron chi connectivity index (χ0n) is 26.4. The summed E-state index contributed by atoms with van der Waals surface area (Å²) in [7, 11) is 1.75. The van der Waals surface area contributed by atoms with E-state index in [1.54, 1.807) is 18.4 Å². The molecule has 5 nitrogen and oxygen atoms in total. The number of unbranched alkanes of at least 4 members (excludes halogenated alkanes) is 2. The molecule has 0 bridgehead atoms. The molecule has 1 aliphatic rings. The maximum Gasteiger partial charge on any atom is 0.275 e. The second kappa shape index (κ2) is 14.1. The largest absolute Gasteiger partial charge is 0.348 e. The third-order valence-corrected chi connectivity index (χ3v) is 8.75. The van der Waals surface area contributed by atoms with E-state index in [2.05, 4.69) is 85.3 Å². The number of likely N-dealkylation sites (N-methyl/N-ethyl adjacent to an activating group) is 1. The van der Waals surface area contributed by atoms with Gasteiger partial charge in [-0.25, -0.2) is 9.99 Å². The molecule has 0 radical (unpaired) electrons. The van der Waals surface area contributed by atoms with Crippen molar-refractivity contribution < 1.29 is 4.79 Å². The van der Waals surface area contributed by atoms with Crippen LogP contribution in [0.15, 0.2) is 10.7 Å². The first kappa shape index (κ1) is 32.5. The molecule has 2 rings (SSSR count). The van der Waals surface area contributed by atoms with Crippen LogP contribution in [0, 0.1) is 17.3 Å². The van der Waals surface area contributed by atoms with Crippen molar-refractivity contribution in [3.8, 4) is 0 Å². The van der Waals surface area contributed by atoms with Crippen LogP contribution in [0.5, 0.6) is 0 Å². The highest BCUT2D eigenvalue weighted by Gasteiger charge is 2.36. The highest BCUT2D eigenvalue weighted by molar-refractivity contribution is 7.16. The number of amides is 1. The van der Waals surface area contributed by atoms with Crippen LogP contribution < -0.4 is 4.90 Å². The number of hydrogen-bond acceptors (Lipinski definition) is 5. The molecule has 0 saturated carbocycles. The summed E-state index contributed by atoms with van der Waals surface area (Å²) in [5, 5.41) is 7.21. The minimum absolute atomic E-state index is 0.0298.